The summed E-state index contributed by atoms with van der Waals surface area (Å²) in [5.41, 5.74) is -0.760. The van der Waals surface area contributed by atoms with Crippen molar-refractivity contribution in [2.24, 2.45) is 0 Å². The first-order chi connectivity index (χ1) is 7.48. The lowest BCUT2D eigenvalue weighted by Gasteiger charge is -2.10. The molecule has 1 aromatic heterocycles. The number of aromatic nitrogens is 1. The van der Waals surface area contributed by atoms with E-state index in [4.69, 9.17) is 5.11 Å². The van der Waals surface area contributed by atoms with Crippen LogP contribution in [0.25, 0.3) is 10.6 Å². The van der Waals surface area contributed by atoms with Gasteiger partial charge < -0.3 is 5.11 Å². The molecule has 1 heterocycles. The Balaban J connectivity index is 2.57. The third kappa shape index (κ3) is 2.01. The minimum atomic E-state index is -4.42. The molecular weight excluding hydrogens is 239 g/mol. The van der Waals surface area contributed by atoms with E-state index in [1.165, 1.54) is 18.2 Å². The van der Waals surface area contributed by atoms with Crippen molar-refractivity contribution < 1.29 is 18.3 Å². The van der Waals surface area contributed by atoms with Crippen LogP contribution in [0.2, 0.25) is 0 Å². The molecule has 2 rings (SSSR count). The van der Waals surface area contributed by atoms with Crippen LogP contribution < -0.4 is 0 Å². The summed E-state index contributed by atoms with van der Waals surface area (Å²) in [5, 5.41) is 9.14. The van der Waals surface area contributed by atoms with Gasteiger partial charge in [0.2, 0.25) is 0 Å². The fourth-order valence-electron chi connectivity index (χ4n) is 1.31. The predicted octanol–water partition coefficient (Wildman–Crippen LogP) is 3.53. The number of halogens is 3. The maximum absolute atomic E-state index is 12.7. The minimum Gasteiger partial charge on any atom is -0.498 e. The van der Waals surface area contributed by atoms with Gasteiger partial charge in [-0.1, -0.05) is 29.5 Å². The Hall–Kier alpha value is -1.56. The fraction of sp³-hybridized carbons (Fsp3) is 0.100. The molecule has 0 unspecified atom stereocenters. The molecule has 0 atom stereocenters. The van der Waals surface area contributed by atoms with E-state index in [2.05, 4.69) is 4.98 Å². The molecule has 0 aliphatic heterocycles. The summed E-state index contributed by atoms with van der Waals surface area (Å²) in [5.74, 6) is 0. The Kier molecular flexibility index (Phi) is 2.59. The van der Waals surface area contributed by atoms with Gasteiger partial charge in [-0.05, 0) is 6.07 Å². The molecule has 2 nitrogen and oxygen atoms in total. The maximum atomic E-state index is 12.7. The molecule has 0 amide bonds. The fourth-order valence-corrected chi connectivity index (χ4v) is 2.00. The smallest absolute Gasteiger partial charge is 0.417 e. The number of hydrogen-bond donors (Lipinski definition) is 1. The van der Waals surface area contributed by atoms with E-state index in [1.54, 1.807) is 0 Å². The third-order valence-electron chi connectivity index (χ3n) is 1.96. The predicted molar refractivity (Wildman–Crippen MR) is 54.2 cm³/mol. The lowest BCUT2D eigenvalue weighted by molar-refractivity contribution is -0.137. The number of thiazole rings is 1. The van der Waals surface area contributed by atoms with Gasteiger partial charge in [0, 0.05) is 5.56 Å². The summed E-state index contributed by atoms with van der Waals surface area (Å²) in [6.07, 6.45) is -3.29. The van der Waals surface area contributed by atoms with Crippen LogP contribution in [0.5, 0.6) is 5.06 Å². The van der Waals surface area contributed by atoms with Crippen LogP contribution in [-0.2, 0) is 6.18 Å². The standard InChI is InChI=1S/C10H6F3NOS/c11-10(12,13)7-4-2-1-3-6(7)9-14-5-8(15)16-9/h1-5,15H. The average molecular weight is 245 g/mol. The Morgan fingerprint density at radius 3 is 2.44 bits per heavy atom. The van der Waals surface area contributed by atoms with Crippen LogP contribution in [0.3, 0.4) is 0 Å². The molecule has 0 spiro atoms. The zero-order chi connectivity index (χ0) is 11.8. The van der Waals surface area contributed by atoms with Crippen molar-refractivity contribution in [2.45, 2.75) is 6.18 Å². The van der Waals surface area contributed by atoms with E-state index in [-0.39, 0.29) is 15.6 Å². The largest absolute Gasteiger partial charge is 0.498 e. The van der Waals surface area contributed by atoms with Gasteiger partial charge >= 0.3 is 6.18 Å². The van der Waals surface area contributed by atoms with Gasteiger partial charge in [-0.3, -0.25) is 0 Å². The van der Waals surface area contributed by atoms with Crippen molar-refractivity contribution in [3.63, 3.8) is 0 Å². The zero-order valence-electron chi connectivity index (χ0n) is 7.82. The molecule has 0 saturated carbocycles. The van der Waals surface area contributed by atoms with E-state index < -0.39 is 11.7 Å². The first kappa shape index (κ1) is 10.9. The van der Waals surface area contributed by atoms with Crippen molar-refractivity contribution in [3.8, 4) is 15.6 Å². The first-order valence-electron chi connectivity index (χ1n) is 4.30. The summed E-state index contributed by atoms with van der Waals surface area (Å²) < 4.78 is 38.0. The number of alkyl halides is 3. The third-order valence-corrected chi connectivity index (χ3v) is 2.79. The first-order valence-corrected chi connectivity index (χ1v) is 5.11. The molecule has 1 N–H and O–H groups in total. The molecule has 0 aliphatic carbocycles. The lowest BCUT2D eigenvalue weighted by Crippen LogP contribution is -2.06. The second kappa shape index (κ2) is 3.79. The van der Waals surface area contributed by atoms with E-state index in [1.807, 2.05) is 0 Å². The second-order valence-electron chi connectivity index (χ2n) is 3.05. The molecular formula is C10H6F3NOS. The summed E-state index contributed by atoms with van der Waals surface area (Å²) >= 11 is 0.816. The Morgan fingerprint density at radius 2 is 1.88 bits per heavy atom. The van der Waals surface area contributed by atoms with Crippen molar-refractivity contribution >= 4 is 11.3 Å². The van der Waals surface area contributed by atoms with Crippen LogP contribution >= 0.6 is 11.3 Å². The van der Waals surface area contributed by atoms with E-state index in [0.29, 0.717) is 0 Å². The van der Waals surface area contributed by atoms with Gasteiger partial charge in [0.1, 0.15) is 5.01 Å². The number of benzene rings is 1. The Bertz CT molecular complexity index is 507. The zero-order valence-corrected chi connectivity index (χ0v) is 8.64. The molecule has 6 heteroatoms. The molecule has 0 radical (unpaired) electrons. The van der Waals surface area contributed by atoms with Gasteiger partial charge in [-0.25, -0.2) is 4.98 Å². The van der Waals surface area contributed by atoms with Crippen LogP contribution in [0.1, 0.15) is 5.56 Å². The van der Waals surface area contributed by atoms with E-state index in [9.17, 15) is 13.2 Å². The Labute approximate surface area is 93.0 Å². The lowest BCUT2D eigenvalue weighted by atomic mass is 10.1. The molecule has 0 bridgehead atoms. The van der Waals surface area contributed by atoms with Gasteiger partial charge in [0.15, 0.2) is 5.06 Å². The molecule has 0 aliphatic rings. The van der Waals surface area contributed by atoms with Gasteiger partial charge in [-0.15, -0.1) is 0 Å². The van der Waals surface area contributed by atoms with Gasteiger partial charge in [0.25, 0.3) is 0 Å². The summed E-state index contributed by atoms with van der Waals surface area (Å²) in [7, 11) is 0. The van der Waals surface area contributed by atoms with Crippen molar-refractivity contribution in [1.82, 2.24) is 4.98 Å². The SMILES string of the molecule is Oc1cnc(-c2ccccc2C(F)(F)F)s1. The summed E-state index contributed by atoms with van der Waals surface area (Å²) in [6, 6.07) is 5.15. The van der Waals surface area contributed by atoms with Crippen molar-refractivity contribution in [3.05, 3.63) is 36.0 Å². The molecule has 0 saturated heterocycles. The van der Waals surface area contributed by atoms with Crippen LogP contribution in [-0.4, -0.2) is 10.1 Å². The van der Waals surface area contributed by atoms with E-state index >= 15 is 0 Å². The van der Waals surface area contributed by atoms with Crippen LogP contribution in [0.15, 0.2) is 30.5 Å². The van der Waals surface area contributed by atoms with Gasteiger partial charge in [0.05, 0.1) is 11.8 Å². The normalized spacial score (nSPS) is 11.7. The highest BCUT2D eigenvalue weighted by Crippen LogP contribution is 2.39. The summed E-state index contributed by atoms with van der Waals surface area (Å²) in [6.45, 7) is 0. The quantitative estimate of drug-likeness (QED) is 0.833. The molecule has 0 fully saturated rings. The molecule has 84 valence electrons. The van der Waals surface area contributed by atoms with Gasteiger partial charge in [-0.2, -0.15) is 13.2 Å². The monoisotopic (exact) mass is 245 g/mol. The summed E-state index contributed by atoms with van der Waals surface area (Å²) in [4.78, 5) is 3.73. The highest BCUT2D eigenvalue weighted by molar-refractivity contribution is 7.16. The number of nitrogens with zero attached hydrogens (tertiary/aromatic N) is 1. The maximum Gasteiger partial charge on any atom is 0.417 e. The average Bonchev–Trinajstić information content (AvgIpc) is 2.64. The van der Waals surface area contributed by atoms with E-state index in [0.717, 1.165) is 23.6 Å². The number of aromatic hydroxyl groups is 1. The topological polar surface area (TPSA) is 33.1 Å². The Morgan fingerprint density at radius 1 is 1.19 bits per heavy atom. The number of hydrogen-bond acceptors (Lipinski definition) is 3. The number of rotatable bonds is 1. The minimum absolute atomic E-state index is 0.0136. The molecule has 2 aromatic rings. The molecule has 1 aromatic carbocycles. The second-order valence-corrected chi connectivity index (χ2v) is 4.06. The highest BCUT2D eigenvalue weighted by Gasteiger charge is 2.33. The van der Waals surface area contributed by atoms with Crippen LogP contribution in [0.4, 0.5) is 13.2 Å². The van der Waals surface area contributed by atoms with Crippen LogP contribution in [0, 0.1) is 0 Å². The van der Waals surface area contributed by atoms with Crippen molar-refractivity contribution in [2.75, 3.05) is 0 Å². The highest BCUT2D eigenvalue weighted by atomic mass is 32.1. The molecule has 16 heavy (non-hydrogen) atoms. The van der Waals surface area contributed by atoms with Crippen molar-refractivity contribution in [1.29, 1.82) is 0 Å².